The number of hydrogen-bond acceptors (Lipinski definition) is 6. The summed E-state index contributed by atoms with van der Waals surface area (Å²) in [5.74, 6) is 0.338. The van der Waals surface area contributed by atoms with Crippen LogP contribution in [-0.2, 0) is 14.9 Å². The highest BCUT2D eigenvalue weighted by Crippen LogP contribution is 2.17. The summed E-state index contributed by atoms with van der Waals surface area (Å²) in [4.78, 5) is 18.0. The van der Waals surface area contributed by atoms with Gasteiger partial charge in [-0.3, -0.25) is 0 Å². The monoisotopic (exact) mass is 370 g/mol. The van der Waals surface area contributed by atoms with Gasteiger partial charge in [-0.05, 0) is 19.1 Å². The summed E-state index contributed by atoms with van der Waals surface area (Å²) in [6.45, 7) is 8.65. The highest BCUT2D eigenvalue weighted by molar-refractivity contribution is 7.86. The number of hydrogen-bond donors (Lipinski definition) is 0. The Kier molecular flexibility index (Phi) is 6.74. The molecule has 9 heteroatoms. The lowest BCUT2D eigenvalue weighted by Gasteiger charge is -2.36. The van der Waals surface area contributed by atoms with Crippen LogP contribution in [0.5, 0.6) is 0 Å². The van der Waals surface area contributed by atoms with Crippen LogP contribution in [0.2, 0.25) is 0 Å². The summed E-state index contributed by atoms with van der Waals surface area (Å²) in [6.07, 6.45) is 1.49. The molecule has 1 aliphatic rings. The molecule has 1 saturated heterocycles. The summed E-state index contributed by atoms with van der Waals surface area (Å²) in [6, 6.07) is 3.44. The lowest BCUT2D eigenvalue weighted by Crippen LogP contribution is -2.53. The first-order valence-corrected chi connectivity index (χ1v) is 9.97. The zero-order chi connectivity index (χ0) is 18.4. The molecule has 1 fully saturated rings. The van der Waals surface area contributed by atoms with Gasteiger partial charge in [-0.25, -0.2) is 9.78 Å². The van der Waals surface area contributed by atoms with Crippen LogP contribution in [0.3, 0.4) is 0 Å². The second-order valence-electron chi connectivity index (χ2n) is 5.60. The Morgan fingerprint density at radius 2 is 1.80 bits per heavy atom. The summed E-state index contributed by atoms with van der Waals surface area (Å²) < 4.78 is 33.0. The van der Waals surface area contributed by atoms with Gasteiger partial charge in [0.05, 0.1) is 12.2 Å². The lowest BCUT2D eigenvalue weighted by molar-refractivity contribution is 0.0526. The van der Waals surface area contributed by atoms with Gasteiger partial charge >= 0.3 is 5.97 Å². The second-order valence-corrected chi connectivity index (χ2v) is 7.53. The molecule has 1 aromatic heterocycles. The standard InChI is InChI=1S/C16H26N4O4S/c1-4-19(5-2)25(22,23)20-11-9-18(10-12-20)15-8-7-14(13-17-15)16(21)24-6-3/h7-8,13H,4-6,9-12H2,1-3H3. The van der Waals surface area contributed by atoms with Gasteiger partial charge in [0.2, 0.25) is 0 Å². The van der Waals surface area contributed by atoms with Gasteiger partial charge in [-0.2, -0.15) is 17.0 Å². The molecule has 0 N–H and O–H groups in total. The number of nitrogens with zero attached hydrogens (tertiary/aromatic N) is 4. The first kappa shape index (κ1) is 19.6. The van der Waals surface area contributed by atoms with Crippen LogP contribution in [-0.4, -0.2) is 73.9 Å². The minimum Gasteiger partial charge on any atom is -0.462 e. The fraction of sp³-hybridized carbons (Fsp3) is 0.625. The SMILES string of the molecule is CCOC(=O)c1ccc(N2CCN(S(=O)(=O)N(CC)CC)CC2)nc1. The van der Waals surface area contributed by atoms with Crippen molar-refractivity contribution in [2.75, 3.05) is 50.8 Å². The quantitative estimate of drug-likeness (QED) is 0.665. The van der Waals surface area contributed by atoms with Gasteiger partial charge in [0.15, 0.2) is 0 Å². The van der Waals surface area contributed by atoms with Crippen molar-refractivity contribution < 1.29 is 17.9 Å². The first-order valence-electron chi connectivity index (χ1n) is 8.57. The molecule has 0 aromatic carbocycles. The van der Waals surface area contributed by atoms with Crippen molar-refractivity contribution in [2.24, 2.45) is 0 Å². The van der Waals surface area contributed by atoms with E-state index >= 15 is 0 Å². The van der Waals surface area contributed by atoms with E-state index in [2.05, 4.69) is 4.98 Å². The molecule has 0 spiro atoms. The van der Waals surface area contributed by atoms with Crippen LogP contribution in [0, 0.1) is 0 Å². The van der Waals surface area contributed by atoms with Crippen molar-refractivity contribution >= 4 is 22.0 Å². The predicted octanol–water partition coefficient (Wildman–Crippen LogP) is 0.967. The summed E-state index contributed by atoms with van der Waals surface area (Å²) in [5.41, 5.74) is 0.411. The third-order valence-electron chi connectivity index (χ3n) is 4.18. The predicted molar refractivity (Wildman–Crippen MR) is 95.8 cm³/mol. The van der Waals surface area contributed by atoms with E-state index in [1.165, 1.54) is 14.8 Å². The first-order chi connectivity index (χ1) is 11.9. The lowest BCUT2D eigenvalue weighted by atomic mass is 10.2. The molecule has 0 aliphatic carbocycles. The number of piperazine rings is 1. The molecule has 8 nitrogen and oxygen atoms in total. The zero-order valence-electron chi connectivity index (χ0n) is 15.0. The summed E-state index contributed by atoms with van der Waals surface area (Å²) in [5, 5.41) is 0. The van der Waals surface area contributed by atoms with Gasteiger partial charge < -0.3 is 9.64 Å². The Morgan fingerprint density at radius 3 is 2.28 bits per heavy atom. The summed E-state index contributed by atoms with van der Waals surface area (Å²) in [7, 11) is -3.40. The molecule has 1 aromatic rings. The van der Waals surface area contributed by atoms with E-state index in [0.717, 1.165) is 5.82 Å². The van der Waals surface area contributed by atoms with Crippen LogP contribution < -0.4 is 4.90 Å². The van der Waals surface area contributed by atoms with E-state index in [-0.39, 0.29) is 0 Å². The Hall–Kier alpha value is -1.71. The van der Waals surface area contributed by atoms with Crippen molar-refractivity contribution in [3.05, 3.63) is 23.9 Å². The molecule has 1 aliphatic heterocycles. The smallest absolute Gasteiger partial charge is 0.339 e. The zero-order valence-corrected chi connectivity index (χ0v) is 15.8. The highest BCUT2D eigenvalue weighted by atomic mass is 32.2. The van der Waals surface area contributed by atoms with Gasteiger partial charge in [-0.15, -0.1) is 0 Å². The van der Waals surface area contributed by atoms with Crippen LogP contribution in [0.15, 0.2) is 18.3 Å². The molecule has 140 valence electrons. The number of pyridine rings is 1. The largest absolute Gasteiger partial charge is 0.462 e. The Balaban J connectivity index is 1.99. The topological polar surface area (TPSA) is 83.0 Å². The Bertz CT molecular complexity index is 666. The summed E-state index contributed by atoms with van der Waals surface area (Å²) >= 11 is 0. The number of esters is 1. The fourth-order valence-corrected chi connectivity index (χ4v) is 4.37. The average Bonchev–Trinajstić information content (AvgIpc) is 2.63. The number of carbonyl (C=O) groups is 1. The number of anilines is 1. The molecular formula is C16H26N4O4S. The maximum absolute atomic E-state index is 12.5. The third kappa shape index (κ3) is 4.47. The number of carbonyl (C=O) groups excluding carboxylic acids is 1. The normalized spacial score (nSPS) is 16.2. The van der Waals surface area contributed by atoms with Crippen molar-refractivity contribution in [1.29, 1.82) is 0 Å². The molecule has 2 heterocycles. The van der Waals surface area contributed by atoms with E-state index in [1.54, 1.807) is 19.1 Å². The number of aromatic nitrogens is 1. The molecule has 0 atom stereocenters. The number of ether oxygens (including phenoxy) is 1. The molecule has 0 saturated carbocycles. The van der Waals surface area contributed by atoms with Crippen LogP contribution in [0.1, 0.15) is 31.1 Å². The van der Waals surface area contributed by atoms with Crippen LogP contribution in [0.25, 0.3) is 0 Å². The molecule has 0 unspecified atom stereocenters. The van der Waals surface area contributed by atoms with E-state index < -0.39 is 16.2 Å². The minimum absolute atomic E-state index is 0.323. The van der Waals surface area contributed by atoms with E-state index in [4.69, 9.17) is 4.74 Å². The van der Waals surface area contributed by atoms with Gasteiger partial charge in [0, 0.05) is 45.5 Å². The van der Waals surface area contributed by atoms with Gasteiger partial charge in [-0.1, -0.05) is 13.8 Å². The molecular weight excluding hydrogens is 344 g/mol. The number of rotatable bonds is 7. The molecule has 2 rings (SSSR count). The molecule has 0 radical (unpaired) electrons. The molecule has 0 amide bonds. The molecule has 25 heavy (non-hydrogen) atoms. The third-order valence-corrected chi connectivity index (χ3v) is 6.37. The maximum Gasteiger partial charge on any atom is 0.339 e. The minimum atomic E-state index is -3.40. The molecule has 0 bridgehead atoms. The van der Waals surface area contributed by atoms with Gasteiger partial charge in [0.25, 0.3) is 10.2 Å². The van der Waals surface area contributed by atoms with Crippen molar-refractivity contribution in [3.8, 4) is 0 Å². The Morgan fingerprint density at radius 1 is 1.16 bits per heavy atom. The van der Waals surface area contributed by atoms with E-state index in [1.807, 2.05) is 18.7 Å². The van der Waals surface area contributed by atoms with E-state index in [0.29, 0.717) is 51.4 Å². The highest BCUT2D eigenvalue weighted by Gasteiger charge is 2.31. The maximum atomic E-state index is 12.5. The van der Waals surface area contributed by atoms with Crippen LogP contribution >= 0.6 is 0 Å². The van der Waals surface area contributed by atoms with Crippen LogP contribution in [0.4, 0.5) is 5.82 Å². The second kappa shape index (κ2) is 8.59. The van der Waals surface area contributed by atoms with Crippen molar-refractivity contribution in [1.82, 2.24) is 13.6 Å². The van der Waals surface area contributed by atoms with Gasteiger partial charge in [0.1, 0.15) is 5.82 Å². The van der Waals surface area contributed by atoms with Crippen molar-refractivity contribution in [3.63, 3.8) is 0 Å². The Labute approximate surface area is 149 Å². The van der Waals surface area contributed by atoms with Crippen molar-refractivity contribution in [2.45, 2.75) is 20.8 Å². The average molecular weight is 370 g/mol. The van der Waals surface area contributed by atoms with E-state index in [9.17, 15) is 13.2 Å². The fourth-order valence-electron chi connectivity index (χ4n) is 2.77.